The quantitative estimate of drug-likeness (QED) is 0.622. The highest BCUT2D eigenvalue weighted by Gasteiger charge is 2.06. The molecule has 5 heteroatoms. The molecule has 0 spiro atoms. The van der Waals surface area contributed by atoms with Crippen LogP contribution in [0.4, 0.5) is 0 Å². The Hall–Kier alpha value is -1.81. The Labute approximate surface area is 103 Å². The number of benzene rings is 1. The van der Waals surface area contributed by atoms with E-state index in [-0.39, 0.29) is 6.79 Å². The van der Waals surface area contributed by atoms with Crippen LogP contribution in [0, 0.1) is 0 Å². The number of fused-ring (bicyclic) bond motifs is 1. The molecule has 0 bridgehead atoms. The summed E-state index contributed by atoms with van der Waals surface area (Å²) in [6.45, 7) is 1.18. The number of esters is 1. The molecule has 0 aliphatic heterocycles. The van der Waals surface area contributed by atoms with Crippen LogP contribution in [0.15, 0.2) is 30.5 Å². The van der Waals surface area contributed by atoms with Gasteiger partial charge in [0.2, 0.25) is 6.79 Å². The van der Waals surface area contributed by atoms with Crippen molar-refractivity contribution in [3.05, 3.63) is 35.5 Å². The molecule has 0 radical (unpaired) electrons. The van der Waals surface area contributed by atoms with Gasteiger partial charge in [0.05, 0.1) is 5.02 Å². The number of hydrogen-bond donors (Lipinski definition) is 0. The molecular formula is C12H10ClNO3. The number of carbonyl (C=O) groups excluding carboxylic acids is 1. The zero-order valence-electron chi connectivity index (χ0n) is 9.14. The number of hydrogen-bond acceptors (Lipinski definition) is 4. The summed E-state index contributed by atoms with van der Waals surface area (Å²) < 4.78 is 10.0. The molecule has 1 aromatic carbocycles. The normalized spacial score (nSPS) is 10.2. The fraction of sp³-hybridized carbons (Fsp3) is 0.167. The summed E-state index contributed by atoms with van der Waals surface area (Å²) in [6, 6.07) is 7.06. The average molecular weight is 252 g/mol. The van der Waals surface area contributed by atoms with Gasteiger partial charge >= 0.3 is 5.97 Å². The van der Waals surface area contributed by atoms with E-state index in [0.717, 1.165) is 5.39 Å². The van der Waals surface area contributed by atoms with E-state index < -0.39 is 5.97 Å². The van der Waals surface area contributed by atoms with Gasteiger partial charge in [-0.3, -0.25) is 9.78 Å². The highest BCUT2D eigenvalue weighted by atomic mass is 35.5. The standard InChI is InChI=1S/C12H10ClNO3/c1-8(15)16-7-17-11-5-4-10(13)9-3-2-6-14-12(9)11/h2-6H,7H2,1H3. The lowest BCUT2D eigenvalue weighted by molar-refractivity contribution is -0.147. The van der Waals surface area contributed by atoms with E-state index in [1.54, 1.807) is 24.4 Å². The second kappa shape index (κ2) is 5.01. The molecule has 88 valence electrons. The first kappa shape index (κ1) is 11.7. The number of rotatable bonds is 3. The summed E-state index contributed by atoms with van der Waals surface area (Å²) in [7, 11) is 0. The predicted octanol–water partition coefficient (Wildman–Crippen LogP) is 2.79. The molecule has 0 amide bonds. The molecule has 4 nitrogen and oxygen atoms in total. The second-order valence-electron chi connectivity index (χ2n) is 3.34. The molecule has 0 saturated heterocycles. The smallest absolute Gasteiger partial charge is 0.305 e. The van der Waals surface area contributed by atoms with Crippen molar-refractivity contribution in [1.29, 1.82) is 0 Å². The SMILES string of the molecule is CC(=O)OCOc1ccc(Cl)c2cccnc12. The van der Waals surface area contributed by atoms with E-state index in [1.165, 1.54) is 6.92 Å². The van der Waals surface area contributed by atoms with E-state index in [2.05, 4.69) is 4.98 Å². The minimum atomic E-state index is -0.392. The summed E-state index contributed by atoms with van der Waals surface area (Å²) in [5, 5.41) is 1.41. The Balaban J connectivity index is 2.28. The van der Waals surface area contributed by atoms with Crippen molar-refractivity contribution in [2.24, 2.45) is 0 Å². The van der Waals surface area contributed by atoms with Crippen molar-refractivity contribution in [1.82, 2.24) is 4.98 Å². The number of aromatic nitrogens is 1. The Bertz CT molecular complexity index is 556. The monoisotopic (exact) mass is 251 g/mol. The first-order valence-corrected chi connectivity index (χ1v) is 5.35. The molecule has 0 saturated carbocycles. The van der Waals surface area contributed by atoms with E-state index in [1.807, 2.05) is 6.07 Å². The van der Waals surface area contributed by atoms with E-state index in [4.69, 9.17) is 21.1 Å². The maximum atomic E-state index is 10.6. The fourth-order valence-electron chi connectivity index (χ4n) is 1.40. The van der Waals surface area contributed by atoms with Crippen molar-refractivity contribution in [3.8, 4) is 5.75 Å². The Kier molecular flexibility index (Phi) is 3.44. The molecule has 0 atom stereocenters. The Morgan fingerprint density at radius 2 is 2.24 bits per heavy atom. The van der Waals surface area contributed by atoms with Crippen LogP contribution in [0.3, 0.4) is 0 Å². The van der Waals surface area contributed by atoms with Crippen LogP contribution in [0.25, 0.3) is 10.9 Å². The number of nitrogens with zero attached hydrogens (tertiary/aromatic N) is 1. The second-order valence-corrected chi connectivity index (χ2v) is 3.75. The van der Waals surface area contributed by atoms with E-state index >= 15 is 0 Å². The van der Waals surface area contributed by atoms with Crippen LogP contribution >= 0.6 is 11.6 Å². The maximum absolute atomic E-state index is 10.6. The van der Waals surface area contributed by atoms with Crippen LogP contribution in [0.2, 0.25) is 5.02 Å². The number of pyridine rings is 1. The summed E-state index contributed by atoms with van der Waals surface area (Å²) >= 11 is 6.03. The van der Waals surface area contributed by atoms with Gasteiger partial charge in [-0.25, -0.2) is 0 Å². The van der Waals surface area contributed by atoms with Gasteiger partial charge in [-0.1, -0.05) is 11.6 Å². The van der Waals surface area contributed by atoms with E-state index in [9.17, 15) is 4.79 Å². The van der Waals surface area contributed by atoms with Gasteiger partial charge in [0.25, 0.3) is 0 Å². The zero-order chi connectivity index (χ0) is 12.3. The van der Waals surface area contributed by atoms with Crippen LogP contribution < -0.4 is 4.74 Å². The minimum Gasteiger partial charge on any atom is -0.455 e. The van der Waals surface area contributed by atoms with Crippen molar-refractivity contribution < 1.29 is 14.3 Å². The zero-order valence-corrected chi connectivity index (χ0v) is 9.90. The van der Waals surface area contributed by atoms with Crippen LogP contribution in [0.5, 0.6) is 5.75 Å². The van der Waals surface area contributed by atoms with Gasteiger partial charge in [-0.15, -0.1) is 0 Å². The first-order valence-electron chi connectivity index (χ1n) is 4.98. The van der Waals surface area contributed by atoms with Gasteiger partial charge in [0.15, 0.2) is 0 Å². The summed E-state index contributed by atoms with van der Waals surface area (Å²) in [6.07, 6.45) is 1.65. The highest BCUT2D eigenvalue weighted by molar-refractivity contribution is 6.35. The molecule has 0 aliphatic rings. The summed E-state index contributed by atoms with van der Waals surface area (Å²) in [5.74, 6) is 0.141. The molecule has 1 aromatic heterocycles. The van der Waals surface area contributed by atoms with Crippen LogP contribution in [0.1, 0.15) is 6.92 Å². The molecule has 0 N–H and O–H groups in total. The third-order valence-corrected chi connectivity index (χ3v) is 2.49. The Morgan fingerprint density at radius 1 is 1.41 bits per heavy atom. The molecule has 0 aliphatic carbocycles. The van der Waals surface area contributed by atoms with Gasteiger partial charge in [0, 0.05) is 18.5 Å². The molecule has 2 aromatic rings. The van der Waals surface area contributed by atoms with Gasteiger partial charge in [-0.05, 0) is 24.3 Å². The topological polar surface area (TPSA) is 48.4 Å². The fourth-order valence-corrected chi connectivity index (χ4v) is 1.62. The Morgan fingerprint density at radius 3 is 3.00 bits per heavy atom. The number of ether oxygens (including phenoxy) is 2. The van der Waals surface area contributed by atoms with Crippen molar-refractivity contribution in [3.63, 3.8) is 0 Å². The first-order chi connectivity index (χ1) is 8.18. The third-order valence-electron chi connectivity index (χ3n) is 2.16. The summed E-state index contributed by atoms with van der Waals surface area (Å²) in [4.78, 5) is 14.8. The molecule has 0 fully saturated rings. The van der Waals surface area contributed by atoms with Crippen LogP contribution in [-0.4, -0.2) is 17.7 Å². The third kappa shape index (κ3) is 2.65. The lowest BCUT2D eigenvalue weighted by atomic mass is 10.2. The number of halogens is 1. The van der Waals surface area contributed by atoms with Crippen LogP contribution in [-0.2, 0) is 9.53 Å². The van der Waals surface area contributed by atoms with Crippen molar-refractivity contribution >= 4 is 28.5 Å². The van der Waals surface area contributed by atoms with Gasteiger partial charge in [0.1, 0.15) is 11.3 Å². The van der Waals surface area contributed by atoms with Crippen molar-refractivity contribution in [2.75, 3.05) is 6.79 Å². The number of carbonyl (C=O) groups is 1. The maximum Gasteiger partial charge on any atom is 0.305 e. The largest absolute Gasteiger partial charge is 0.455 e. The highest BCUT2D eigenvalue weighted by Crippen LogP contribution is 2.29. The molecule has 17 heavy (non-hydrogen) atoms. The lowest BCUT2D eigenvalue weighted by Gasteiger charge is -2.08. The molecule has 2 rings (SSSR count). The summed E-state index contributed by atoms with van der Waals surface area (Å²) in [5.41, 5.74) is 0.646. The van der Waals surface area contributed by atoms with Gasteiger partial charge < -0.3 is 9.47 Å². The minimum absolute atomic E-state index is 0.136. The molecular weight excluding hydrogens is 242 g/mol. The van der Waals surface area contributed by atoms with E-state index in [0.29, 0.717) is 16.3 Å². The lowest BCUT2D eigenvalue weighted by Crippen LogP contribution is -2.07. The van der Waals surface area contributed by atoms with Crippen molar-refractivity contribution in [2.45, 2.75) is 6.92 Å². The average Bonchev–Trinajstić information content (AvgIpc) is 2.32. The van der Waals surface area contributed by atoms with Gasteiger partial charge in [-0.2, -0.15) is 0 Å². The molecule has 0 unspecified atom stereocenters. The molecule has 1 heterocycles. The predicted molar refractivity (Wildman–Crippen MR) is 64.0 cm³/mol.